The van der Waals surface area contributed by atoms with Gasteiger partial charge in [0.2, 0.25) is 11.8 Å². The summed E-state index contributed by atoms with van der Waals surface area (Å²) in [7, 11) is 0. The van der Waals surface area contributed by atoms with Crippen molar-refractivity contribution in [3.63, 3.8) is 0 Å². The molecule has 1 aliphatic rings. The second kappa shape index (κ2) is 8.21. The monoisotopic (exact) mass is 382 g/mol. The predicted molar refractivity (Wildman–Crippen MR) is 103 cm³/mol. The Morgan fingerprint density at radius 1 is 1.26 bits per heavy atom. The average Bonchev–Trinajstić information content (AvgIpc) is 2.65. The second-order valence-corrected chi connectivity index (χ2v) is 6.87. The third kappa shape index (κ3) is 4.45. The summed E-state index contributed by atoms with van der Waals surface area (Å²) in [6, 6.07) is 14.2. The van der Waals surface area contributed by atoms with Crippen LogP contribution < -0.4 is 11.1 Å². The number of carbonyl (C=O) groups excluding carboxylic acids is 2. The standard InChI is InChI=1S/C20H19ClN4O2/c21-17-10-16(6-5-14(17)11-22)24-19(26)7-8-25-12-15-4-2-1-3-13(15)9-18(25)20(23)27/h1-6,10,18H,7-9,12H2,(H2,23,27)(H,24,26)/t18-/m0/s1. The van der Waals surface area contributed by atoms with Crippen molar-refractivity contribution in [3.05, 3.63) is 64.2 Å². The minimum atomic E-state index is -0.419. The Bertz CT molecular complexity index is 922. The van der Waals surface area contributed by atoms with Crippen molar-refractivity contribution in [3.8, 4) is 6.07 Å². The number of hydrogen-bond acceptors (Lipinski definition) is 4. The molecule has 1 aliphatic heterocycles. The van der Waals surface area contributed by atoms with Crippen LogP contribution in [-0.2, 0) is 22.6 Å². The van der Waals surface area contributed by atoms with E-state index < -0.39 is 6.04 Å². The van der Waals surface area contributed by atoms with Gasteiger partial charge in [0.15, 0.2) is 0 Å². The van der Waals surface area contributed by atoms with E-state index in [4.69, 9.17) is 22.6 Å². The van der Waals surface area contributed by atoms with Crippen LogP contribution in [0.5, 0.6) is 0 Å². The fourth-order valence-corrected chi connectivity index (χ4v) is 3.47. The molecule has 7 heteroatoms. The number of amides is 2. The van der Waals surface area contributed by atoms with Gasteiger partial charge in [-0.3, -0.25) is 14.5 Å². The minimum absolute atomic E-state index is 0.196. The van der Waals surface area contributed by atoms with E-state index in [9.17, 15) is 9.59 Å². The Labute approximate surface area is 162 Å². The molecule has 0 radical (unpaired) electrons. The average molecular weight is 383 g/mol. The summed E-state index contributed by atoms with van der Waals surface area (Å²) in [6.07, 6.45) is 0.766. The quantitative estimate of drug-likeness (QED) is 0.829. The lowest BCUT2D eigenvalue weighted by molar-refractivity contribution is -0.125. The lowest BCUT2D eigenvalue weighted by Gasteiger charge is -2.34. The van der Waals surface area contributed by atoms with Gasteiger partial charge in [-0.05, 0) is 35.7 Å². The zero-order chi connectivity index (χ0) is 19.4. The first-order valence-corrected chi connectivity index (χ1v) is 8.95. The van der Waals surface area contributed by atoms with Crippen LogP contribution in [-0.4, -0.2) is 29.3 Å². The van der Waals surface area contributed by atoms with Crippen molar-refractivity contribution >= 4 is 29.1 Å². The van der Waals surface area contributed by atoms with Gasteiger partial charge in [-0.2, -0.15) is 5.26 Å². The highest BCUT2D eigenvalue weighted by atomic mass is 35.5. The van der Waals surface area contributed by atoms with Crippen LogP contribution in [0.15, 0.2) is 42.5 Å². The van der Waals surface area contributed by atoms with Crippen LogP contribution in [0, 0.1) is 11.3 Å². The number of anilines is 1. The smallest absolute Gasteiger partial charge is 0.235 e. The maximum absolute atomic E-state index is 12.3. The van der Waals surface area contributed by atoms with Gasteiger partial charge in [0, 0.05) is 25.2 Å². The van der Waals surface area contributed by atoms with Crippen molar-refractivity contribution < 1.29 is 9.59 Å². The molecule has 3 rings (SSSR count). The van der Waals surface area contributed by atoms with E-state index >= 15 is 0 Å². The summed E-state index contributed by atoms with van der Waals surface area (Å²) in [5.41, 5.74) is 8.71. The third-order valence-corrected chi connectivity index (χ3v) is 4.99. The van der Waals surface area contributed by atoms with Gasteiger partial charge >= 0.3 is 0 Å². The Kier molecular flexibility index (Phi) is 5.75. The first-order chi connectivity index (χ1) is 13.0. The van der Waals surface area contributed by atoms with Gasteiger partial charge < -0.3 is 11.1 Å². The van der Waals surface area contributed by atoms with Gasteiger partial charge in [0.1, 0.15) is 6.07 Å². The molecule has 6 nitrogen and oxygen atoms in total. The first kappa shape index (κ1) is 18.9. The second-order valence-electron chi connectivity index (χ2n) is 6.47. The molecule has 0 aromatic heterocycles. The number of carbonyl (C=O) groups is 2. The van der Waals surface area contributed by atoms with Crippen molar-refractivity contribution in [2.45, 2.75) is 25.4 Å². The number of hydrogen-bond donors (Lipinski definition) is 2. The van der Waals surface area contributed by atoms with Crippen LogP contribution in [0.3, 0.4) is 0 Å². The molecule has 27 heavy (non-hydrogen) atoms. The molecule has 2 amide bonds. The Morgan fingerprint density at radius 3 is 2.67 bits per heavy atom. The molecule has 0 saturated heterocycles. The fraction of sp³-hybridized carbons (Fsp3) is 0.250. The van der Waals surface area contributed by atoms with Gasteiger partial charge in [0.05, 0.1) is 16.6 Å². The zero-order valence-electron chi connectivity index (χ0n) is 14.6. The van der Waals surface area contributed by atoms with E-state index in [2.05, 4.69) is 5.32 Å². The van der Waals surface area contributed by atoms with Crippen LogP contribution in [0.25, 0.3) is 0 Å². The molecule has 0 fully saturated rings. The van der Waals surface area contributed by atoms with Gasteiger partial charge in [-0.15, -0.1) is 0 Å². The van der Waals surface area contributed by atoms with E-state index in [0.29, 0.717) is 30.8 Å². The predicted octanol–water partition coefficient (Wildman–Crippen LogP) is 2.45. The topological polar surface area (TPSA) is 99.2 Å². The molecule has 0 saturated carbocycles. The highest BCUT2D eigenvalue weighted by Crippen LogP contribution is 2.24. The van der Waals surface area contributed by atoms with Crippen LogP contribution in [0.1, 0.15) is 23.1 Å². The van der Waals surface area contributed by atoms with Gasteiger partial charge in [0.25, 0.3) is 0 Å². The molecule has 1 atom stereocenters. The zero-order valence-corrected chi connectivity index (χ0v) is 15.4. The lowest BCUT2D eigenvalue weighted by Crippen LogP contribution is -2.49. The van der Waals surface area contributed by atoms with Crippen LogP contribution in [0.4, 0.5) is 5.69 Å². The maximum atomic E-state index is 12.3. The van der Waals surface area contributed by atoms with E-state index in [0.717, 1.165) is 11.1 Å². The number of benzene rings is 2. The molecule has 3 N–H and O–H groups in total. The summed E-state index contributed by atoms with van der Waals surface area (Å²) in [6.45, 7) is 0.998. The Morgan fingerprint density at radius 2 is 2.00 bits per heavy atom. The number of nitrogens with zero attached hydrogens (tertiary/aromatic N) is 2. The Balaban J connectivity index is 1.63. The molecule has 138 valence electrons. The number of nitrogens with two attached hydrogens (primary N) is 1. The molecule has 2 aromatic carbocycles. The number of fused-ring (bicyclic) bond motifs is 1. The summed E-state index contributed by atoms with van der Waals surface area (Å²) >= 11 is 5.98. The Hall–Kier alpha value is -2.88. The largest absolute Gasteiger partial charge is 0.368 e. The fourth-order valence-electron chi connectivity index (χ4n) is 3.24. The lowest BCUT2D eigenvalue weighted by atomic mass is 9.93. The highest BCUT2D eigenvalue weighted by molar-refractivity contribution is 6.32. The van der Waals surface area contributed by atoms with Crippen LogP contribution in [0.2, 0.25) is 5.02 Å². The molecule has 2 aromatic rings. The van der Waals surface area contributed by atoms with Crippen molar-refractivity contribution in [2.75, 3.05) is 11.9 Å². The number of nitrogens with one attached hydrogen (secondary N) is 1. The van der Waals surface area contributed by atoms with Crippen molar-refractivity contribution in [1.82, 2.24) is 4.90 Å². The number of primary amides is 1. The molecule has 0 unspecified atom stereocenters. The summed E-state index contributed by atoms with van der Waals surface area (Å²) in [5, 5.41) is 11.9. The maximum Gasteiger partial charge on any atom is 0.235 e. The third-order valence-electron chi connectivity index (χ3n) is 4.67. The molecule has 0 aliphatic carbocycles. The summed E-state index contributed by atoms with van der Waals surface area (Å²) in [5.74, 6) is -0.582. The van der Waals surface area contributed by atoms with Gasteiger partial charge in [-0.25, -0.2) is 0 Å². The minimum Gasteiger partial charge on any atom is -0.368 e. The first-order valence-electron chi connectivity index (χ1n) is 8.57. The number of rotatable bonds is 5. The van der Waals surface area contributed by atoms with E-state index in [1.165, 1.54) is 0 Å². The van der Waals surface area contributed by atoms with E-state index in [1.54, 1.807) is 18.2 Å². The van der Waals surface area contributed by atoms with Crippen LogP contribution >= 0.6 is 11.6 Å². The van der Waals surface area contributed by atoms with E-state index in [1.807, 2.05) is 35.2 Å². The normalized spacial score (nSPS) is 16.2. The SMILES string of the molecule is N#Cc1ccc(NC(=O)CCN2Cc3ccccc3C[C@H]2C(N)=O)cc1Cl. The molecule has 0 spiro atoms. The van der Waals surface area contributed by atoms with Crippen molar-refractivity contribution in [2.24, 2.45) is 5.73 Å². The molecule has 0 bridgehead atoms. The molecular weight excluding hydrogens is 364 g/mol. The molecular formula is C20H19ClN4O2. The summed E-state index contributed by atoms with van der Waals surface area (Å²) < 4.78 is 0. The van der Waals surface area contributed by atoms with E-state index in [-0.39, 0.29) is 23.3 Å². The van der Waals surface area contributed by atoms with Crippen molar-refractivity contribution in [1.29, 1.82) is 5.26 Å². The number of nitriles is 1. The van der Waals surface area contributed by atoms with Gasteiger partial charge in [-0.1, -0.05) is 35.9 Å². The highest BCUT2D eigenvalue weighted by Gasteiger charge is 2.29. The summed E-state index contributed by atoms with van der Waals surface area (Å²) in [4.78, 5) is 26.1. The molecule has 1 heterocycles. The number of halogens is 1.